The van der Waals surface area contributed by atoms with E-state index in [9.17, 15) is 0 Å². The molecule has 0 aromatic rings. The number of epoxide rings is 1. The minimum absolute atomic E-state index is 0.230. The molecule has 2 fully saturated rings. The van der Waals surface area contributed by atoms with Crippen LogP contribution in [0.1, 0.15) is 26.2 Å². The van der Waals surface area contributed by atoms with Gasteiger partial charge < -0.3 is 4.74 Å². The van der Waals surface area contributed by atoms with Gasteiger partial charge in [-0.25, -0.2) is 0 Å². The Hall–Kier alpha value is -0.480. The van der Waals surface area contributed by atoms with Crippen molar-refractivity contribution in [3.05, 3.63) is 0 Å². The van der Waals surface area contributed by atoms with Crippen LogP contribution in [0.3, 0.4) is 0 Å². The van der Waals surface area contributed by atoms with E-state index in [0.29, 0.717) is 12.0 Å². The van der Waals surface area contributed by atoms with Crippen molar-refractivity contribution in [3.8, 4) is 12.3 Å². The molecule has 3 atom stereocenters. The molecule has 0 N–H and O–H groups in total. The average Bonchev–Trinajstić information content (AvgIpc) is 2.59. The lowest BCUT2D eigenvalue weighted by molar-refractivity contribution is 0.303. The van der Waals surface area contributed by atoms with Gasteiger partial charge in [-0.2, -0.15) is 0 Å². The van der Waals surface area contributed by atoms with Crippen LogP contribution >= 0.6 is 0 Å². The monoisotopic (exact) mass is 136 g/mol. The number of terminal acetylenes is 1. The Labute approximate surface area is 61.8 Å². The summed E-state index contributed by atoms with van der Waals surface area (Å²) in [6.07, 6.45) is 9.22. The van der Waals surface area contributed by atoms with E-state index >= 15 is 0 Å². The molecule has 0 unspecified atom stereocenters. The SMILES string of the molecule is C#C[C@H]1CC[C@]2(C)O[C@@H]2C1. The number of rotatable bonds is 0. The predicted octanol–water partition coefficient (Wildman–Crippen LogP) is 1.58. The van der Waals surface area contributed by atoms with E-state index in [4.69, 9.17) is 11.2 Å². The van der Waals surface area contributed by atoms with E-state index < -0.39 is 0 Å². The van der Waals surface area contributed by atoms with Gasteiger partial charge in [0.1, 0.15) is 0 Å². The number of ether oxygens (including phenoxy) is 1. The number of hydrogen-bond acceptors (Lipinski definition) is 1. The summed E-state index contributed by atoms with van der Waals surface area (Å²) in [6.45, 7) is 2.18. The molecule has 0 bridgehead atoms. The maximum absolute atomic E-state index is 5.50. The van der Waals surface area contributed by atoms with Crippen molar-refractivity contribution in [2.45, 2.75) is 37.9 Å². The third kappa shape index (κ3) is 0.759. The smallest absolute Gasteiger partial charge is 0.0921 e. The molecule has 1 aliphatic carbocycles. The summed E-state index contributed by atoms with van der Waals surface area (Å²) >= 11 is 0. The summed E-state index contributed by atoms with van der Waals surface area (Å²) in [5.74, 6) is 3.28. The Morgan fingerprint density at radius 3 is 3.10 bits per heavy atom. The Bertz CT molecular complexity index is 191. The van der Waals surface area contributed by atoms with Crippen molar-refractivity contribution in [2.75, 3.05) is 0 Å². The zero-order valence-corrected chi connectivity index (χ0v) is 6.26. The molecule has 0 radical (unpaired) electrons. The van der Waals surface area contributed by atoms with Crippen LogP contribution in [0.4, 0.5) is 0 Å². The van der Waals surface area contributed by atoms with Crippen molar-refractivity contribution < 1.29 is 4.74 Å². The van der Waals surface area contributed by atoms with Crippen molar-refractivity contribution in [1.82, 2.24) is 0 Å². The van der Waals surface area contributed by atoms with E-state index in [2.05, 4.69) is 12.8 Å². The molecule has 1 heteroatoms. The van der Waals surface area contributed by atoms with E-state index in [1.54, 1.807) is 0 Å². The fourth-order valence-electron chi connectivity index (χ4n) is 1.80. The van der Waals surface area contributed by atoms with Crippen LogP contribution in [0, 0.1) is 18.3 Å². The van der Waals surface area contributed by atoms with Crippen LogP contribution in [0.15, 0.2) is 0 Å². The first-order chi connectivity index (χ1) is 4.74. The minimum atomic E-state index is 0.230. The third-order valence-electron chi connectivity index (χ3n) is 2.76. The van der Waals surface area contributed by atoms with E-state index in [-0.39, 0.29) is 5.60 Å². The minimum Gasteiger partial charge on any atom is -0.366 e. The summed E-state index contributed by atoms with van der Waals surface area (Å²) in [7, 11) is 0. The molecule has 1 heterocycles. The van der Waals surface area contributed by atoms with Crippen LogP contribution in [-0.4, -0.2) is 11.7 Å². The van der Waals surface area contributed by atoms with E-state index in [0.717, 1.165) is 19.3 Å². The molecule has 0 amide bonds. The fourth-order valence-corrected chi connectivity index (χ4v) is 1.80. The van der Waals surface area contributed by atoms with Gasteiger partial charge in [0.15, 0.2) is 0 Å². The van der Waals surface area contributed by atoms with Crippen molar-refractivity contribution in [1.29, 1.82) is 0 Å². The molecule has 1 nitrogen and oxygen atoms in total. The lowest BCUT2D eigenvalue weighted by atomic mass is 9.83. The van der Waals surface area contributed by atoms with Gasteiger partial charge >= 0.3 is 0 Å². The second kappa shape index (κ2) is 1.77. The average molecular weight is 136 g/mol. The summed E-state index contributed by atoms with van der Waals surface area (Å²) in [4.78, 5) is 0. The first-order valence-electron chi connectivity index (χ1n) is 3.88. The summed E-state index contributed by atoms with van der Waals surface area (Å²) in [5.41, 5.74) is 0.230. The highest BCUT2D eigenvalue weighted by molar-refractivity contribution is 5.09. The van der Waals surface area contributed by atoms with Crippen molar-refractivity contribution in [3.63, 3.8) is 0 Å². The second-order valence-electron chi connectivity index (χ2n) is 3.56. The van der Waals surface area contributed by atoms with E-state index in [1.807, 2.05) is 0 Å². The van der Waals surface area contributed by atoms with Crippen LogP contribution in [0.25, 0.3) is 0 Å². The fraction of sp³-hybridized carbons (Fsp3) is 0.778. The zero-order valence-electron chi connectivity index (χ0n) is 6.26. The van der Waals surface area contributed by atoms with Crippen molar-refractivity contribution in [2.24, 2.45) is 5.92 Å². The largest absolute Gasteiger partial charge is 0.366 e. The molecule has 2 rings (SSSR count). The Balaban J connectivity index is 2.00. The lowest BCUT2D eigenvalue weighted by Gasteiger charge is -2.16. The highest BCUT2D eigenvalue weighted by Crippen LogP contribution is 2.48. The van der Waals surface area contributed by atoms with Gasteiger partial charge in [0.2, 0.25) is 0 Å². The predicted molar refractivity (Wildman–Crippen MR) is 39.5 cm³/mol. The maximum Gasteiger partial charge on any atom is 0.0921 e. The molecule has 1 saturated heterocycles. The molecular weight excluding hydrogens is 124 g/mol. The van der Waals surface area contributed by atoms with Crippen molar-refractivity contribution >= 4 is 0 Å². The van der Waals surface area contributed by atoms with E-state index in [1.165, 1.54) is 0 Å². The molecule has 0 aromatic carbocycles. The van der Waals surface area contributed by atoms with Gasteiger partial charge in [-0.15, -0.1) is 12.3 Å². The molecule has 1 aliphatic heterocycles. The molecule has 2 aliphatic rings. The normalized spacial score (nSPS) is 51.2. The van der Waals surface area contributed by atoms with Gasteiger partial charge in [0.05, 0.1) is 11.7 Å². The van der Waals surface area contributed by atoms with Crippen LogP contribution in [-0.2, 0) is 4.74 Å². The molecular formula is C9H12O. The van der Waals surface area contributed by atoms with Crippen LogP contribution in [0.2, 0.25) is 0 Å². The molecule has 0 aromatic heterocycles. The Morgan fingerprint density at radius 2 is 2.50 bits per heavy atom. The first kappa shape index (κ1) is 6.24. The number of hydrogen-bond donors (Lipinski definition) is 0. The Kier molecular flexibility index (Phi) is 1.10. The first-order valence-corrected chi connectivity index (χ1v) is 3.88. The summed E-state index contributed by atoms with van der Waals surface area (Å²) < 4.78 is 5.50. The van der Waals surface area contributed by atoms with Gasteiger partial charge in [-0.05, 0) is 26.2 Å². The van der Waals surface area contributed by atoms with Gasteiger partial charge in [-0.1, -0.05) is 0 Å². The maximum atomic E-state index is 5.50. The second-order valence-corrected chi connectivity index (χ2v) is 3.56. The standard InChI is InChI=1S/C9H12O/c1-3-7-4-5-9(2)8(6-7)10-9/h1,7-8H,4-6H2,2H3/t7-,8+,9-/m0/s1. The van der Waals surface area contributed by atoms with Crippen LogP contribution in [0.5, 0.6) is 0 Å². The van der Waals surface area contributed by atoms with Crippen LogP contribution < -0.4 is 0 Å². The molecule has 0 spiro atoms. The molecule has 1 saturated carbocycles. The topological polar surface area (TPSA) is 12.5 Å². The van der Waals surface area contributed by atoms with Gasteiger partial charge in [-0.3, -0.25) is 0 Å². The molecule has 54 valence electrons. The molecule has 10 heavy (non-hydrogen) atoms. The highest BCUT2D eigenvalue weighted by Gasteiger charge is 2.54. The zero-order chi connectivity index (χ0) is 7.19. The lowest BCUT2D eigenvalue weighted by Crippen LogP contribution is -2.19. The quantitative estimate of drug-likeness (QED) is 0.364. The summed E-state index contributed by atoms with van der Waals surface area (Å²) in [5, 5.41) is 0. The third-order valence-corrected chi connectivity index (χ3v) is 2.76. The van der Waals surface area contributed by atoms with Gasteiger partial charge in [0, 0.05) is 5.92 Å². The summed E-state index contributed by atoms with van der Waals surface area (Å²) in [6, 6.07) is 0. The van der Waals surface area contributed by atoms with Gasteiger partial charge in [0.25, 0.3) is 0 Å². The Morgan fingerprint density at radius 1 is 1.70 bits per heavy atom. The highest BCUT2D eigenvalue weighted by atomic mass is 16.6. The number of fused-ring (bicyclic) bond motifs is 1.